The largest absolute Gasteiger partial charge is 0.488 e. The lowest BCUT2D eigenvalue weighted by Crippen LogP contribution is -2.48. The van der Waals surface area contributed by atoms with Crippen molar-refractivity contribution < 1.29 is 32.2 Å². The van der Waals surface area contributed by atoms with Crippen molar-refractivity contribution in [2.24, 2.45) is 0 Å². The molecule has 1 unspecified atom stereocenters. The van der Waals surface area contributed by atoms with Crippen LogP contribution in [0.15, 0.2) is 42.9 Å². The highest BCUT2D eigenvalue weighted by molar-refractivity contribution is 6.03. The van der Waals surface area contributed by atoms with Crippen molar-refractivity contribution >= 4 is 23.5 Å². The van der Waals surface area contributed by atoms with Gasteiger partial charge in [0.25, 0.3) is 0 Å². The number of hydrogen-bond acceptors (Lipinski definition) is 9. The predicted molar refractivity (Wildman–Crippen MR) is 137 cm³/mol. The van der Waals surface area contributed by atoms with Gasteiger partial charge in [-0.15, -0.1) is 0 Å². The number of halogens is 3. The van der Waals surface area contributed by atoms with Crippen LogP contribution in [-0.4, -0.2) is 70.2 Å². The summed E-state index contributed by atoms with van der Waals surface area (Å²) in [5.41, 5.74) is 0.0239. The number of amides is 2. The van der Waals surface area contributed by atoms with E-state index in [9.17, 15) is 18.0 Å². The second-order valence-corrected chi connectivity index (χ2v) is 10.2. The highest BCUT2D eigenvalue weighted by Gasteiger charge is 2.41. The van der Waals surface area contributed by atoms with Gasteiger partial charge in [0.05, 0.1) is 42.5 Å². The first kappa shape index (κ1) is 26.2. The molecule has 2 fully saturated rings. The molecule has 0 radical (unpaired) electrons. The second-order valence-electron chi connectivity index (χ2n) is 10.2. The van der Waals surface area contributed by atoms with Crippen LogP contribution in [0.2, 0.25) is 0 Å². The Morgan fingerprint density at radius 1 is 1.20 bits per heavy atom. The molecule has 11 nitrogen and oxygen atoms in total. The van der Waals surface area contributed by atoms with E-state index in [-0.39, 0.29) is 36.1 Å². The first-order valence-electron chi connectivity index (χ1n) is 12.7. The van der Waals surface area contributed by atoms with Crippen molar-refractivity contribution in [3.05, 3.63) is 48.4 Å². The minimum Gasteiger partial charge on any atom is -0.488 e. The van der Waals surface area contributed by atoms with E-state index in [0.717, 1.165) is 12.1 Å². The number of nitrogens with one attached hydrogen (secondary N) is 1. The molecule has 1 N–H and O–H groups in total. The number of benzene rings is 1. The van der Waals surface area contributed by atoms with E-state index in [0.29, 0.717) is 43.4 Å². The summed E-state index contributed by atoms with van der Waals surface area (Å²) >= 11 is 0. The standard InChI is InChI=1S/C26H26F3N7O4/c1-25(2)39-14-19(40-25)13-38-18-9-31-23(32-10-18)34-24(37)36-17-6-7-35(12-17)20-11-30-21(33-22(20)36)15-4-3-5-16(8-15)26(27,28)29/h3-5,8-11,17,19H,6-7,12-14H2,1-2H3,(H,31,32,34,37)/t17?,19-/m1/s1. The fourth-order valence-corrected chi connectivity index (χ4v) is 4.99. The van der Waals surface area contributed by atoms with Gasteiger partial charge in [0.2, 0.25) is 5.95 Å². The molecule has 2 saturated heterocycles. The molecule has 1 aromatic carbocycles. The van der Waals surface area contributed by atoms with Crippen LogP contribution < -0.4 is 19.9 Å². The van der Waals surface area contributed by atoms with Gasteiger partial charge in [-0.25, -0.2) is 24.7 Å². The number of anilines is 3. The van der Waals surface area contributed by atoms with Gasteiger partial charge in [-0.1, -0.05) is 12.1 Å². The van der Waals surface area contributed by atoms with Gasteiger partial charge in [0.15, 0.2) is 23.2 Å². The normalized spacial score (nSPS) is 21.3. The maximum Gasteiger partial charge on any atom is 0.416 e. The zero-order chi connectivity index (χ0) is 28.1. The van der Waals surface area contributed by atoms with Gasteiger partial charge >= 0.3 is 12.2 Å². The van der Waals surface area contributed by atoms with Crippen LogP contribution in [0.25, 0.3) is 11.4 Å². The van der Waals surface area contributed by atoms with E-state index in [4.69, 9.17) is 14.2 Å². The van der Waals surface area contributed by atoms with Crippen molar-refractivity contribution in [2.75, 3.05) is 41.4 Å². The molecule has 0 spiro atoms. The molecular weight excluding hydrogens is 531 g/mol. The number of ether oxygens (including phenoxy) is 3. The van der Waals surface area contributed by atoms with Crippen LogP contribution in [-0.2, 0) is 15.7 Å². The maximum atomic E-state index is 13.4. The van der Waals surface area contributed by atoms with E-state index in [1.54, 1.807) is 6.20 Å². The Morgan fingerprint density at radius 2 is 2.00 bits per heavy atom. The third kappa shape index (κ3) is 5.23. The molecule has 14 heteroatoms. The van der Waals surface area contributed by atoms with E-state index in [1.165, 1.54) is 29.4 Å². The summed E-state index contributed by atoms with van der Waals surface area (Å²) in [6.45, 7) is 5.62. The number of carbonyl (C=O) groups excluding carboxylic acids is 1. The van der Waals surface area contributed by atoms with Crippen molar-refractivity contribution in [1.29, 1.82) is 0 Å². The summed E-state index contributed by atoms with van der Waals surface area (Å²) in [4.78, 5) is 34.2. The number of hydrogen-bond donors (Lipinski definition) is 1. The molecule has 210 valence electrons. The molecule has 0 saturated carbocycles. The zero-order valence-corrected chi connectivity index (χ0v) is 21.7. The van der Waals surface area contributed by atoms with E-state index in [1.807, 2.05) is 13.8 Å². The van der Waals surface area contributed by atoms with Crippen LogP contribution in [0, 0.1) is 0 Å². The quantitative estimate of drug-likeness (QED) is 0.495. The number of carbonyl (C=O) groups is 1. The third-order valence-electron chi connectivity index (χ3n) is 6.86. The molecule has 0 aliphatic carbocycles. The Labute approximate surface area is 227 Å². The molecule has 2 amide bonds. The molecule has 6 rings (SSSR count). The van der Waals surface area contributed by atoms with Crippen LogP contribution in [0.3, 0.4) is 0 Å². The minimum atomic E-state index is -4.50. The number of urea groups is 1. The molecule has 5 heterocycles. The fraction of sp³-hybridized carbons (Fsp3) is 0.423. The third-order valence-corrected chi connectivity index (χ3v) is 6.86. The highest BCUT2D eigenvalue weighted by Crippen LogP contribution is 2.40. The second kappa shape index (κ2) is 9.86. The van der Waals surface area contributed by atoms with Crippen LogP contribution in [0.1, 0.15) is 25.8 Å². The van der Waals surface area contributed by atoms with E-state index >= 15 is 0 Å². The fourth-order valence-electron chi connectivity index (χ4n) is 4.99. The number of alkyl halides is 3. The molecule has 2 atom stereocenters. The summed E-state index contributed by atoms with van der Waals surface area (Å²) < 4.78 is 56.7. The molecule has 3 aromatic rings. The molecule has 2 bridgehead atoms. The number of aromatic nitrogens is 4. The summed E-state index contributed by atoms with van der Waals surface area (Å²) in [6, 6.07) is 4.10. The van der Waals surface area contributed by atoms with Crippen LogP contribution >= 0.6 is 0 Å². The first-order valence-corrected chi connectivity index (χ1v) is 12.7. The summed E-state index contributed by atoms with van der Waals surface area (Å²) in [6.07, 6.45) is 0.403. The topological polar surface area (TPSA) is 115 Å². The number of rotatable bonds is 5. The average molecular weight is 558 g/mol. The SMILES string of the molecule is CC1(C)OC[C@@H](COc2cnc(NC(=O)N3c4nc(-c5cccc(C(F)(F)F)c5)ncc4N4CCC3C4)nc2)O1. The molecule has 3 aliphatic rings. The number of nitrogens with zero attached hydrogens (tertiary/aromatic N) is 6. The zero-order valence-electron chi connectivity index (χ0n) is 21.7. The lowest BCUT2D eigenvalue weighted by molar-refractivity contribution is -0.141. The highest BCUT2D eigenvalue weighted by atomic mass is 19.4. The van der Waals surface area contributed by atoms with Crippen LogP contribution in [0.4, 0.5) is 35.4 Å². The van der Waals surface area contributed by atoms with E-state index < -0.39 is 23.6 Å². The number of fused-ring (bicyclic) bond motifs is 4. The Morgan fingerprint density at radius 3 is 2.73 bits per heavy atom. The first-order chi connectivity index (χ1) is 19.1. The lowest BCUT2D eigenvalue weighted by atomic mass is 10.1. The molecule has 2 aromatic heterocycles. The maximum absolute atomic E-state index is 13.4. The monoisotopic (exact) mass is 557 g/mol. The summed E-state index contributed by atoms with van der Waals surface area (Å²) in [7, 11) is 0. The Balaban J connectivity index is 1.19. The van der Waals surface area contributed by atoms with Crippen LogP contribution in [0.5, 0.6) is 5.75 Å². The smallest absolute Gasteiger partial charge is 0.416 e. The van der Waals surface area contributed by atoms with Crippen molar-refractivity contribution in [1.82, 2.24) is 19.9 Å². The van der Waals surface area contributed by atoms with Gasteiger partial charge in [0, 0.05) is 18.7 Å². The van der Waals surface area contributed by atoms with Gasteiger partial charge in [-0.3, -0.25) is 10.2 Å². The Bertz CT molecular complexity index is 1420. The molecule has 3 aliphatic heterocycles. The van der Waals surface area contributed by atoms with Gasteiger partial charge in [-0.05, 0) is 32.4 Å². The lowest BCUT2D eigenvalue weighted by Gasteiger charge is -2.35. The molecule has 40 heavy (non-hydrogen) atoms. The van der Waals surface area contributed by atoms with Crippen molar-refractivity contribution in [3.63, 3.8) is 0 Å². The summed E-state index contributed by atoms with van der Waals surface area (Å²) in [5, 5.41) is 2.70. The van der Waals surface area contributed by atoms with Crippen molar-refractivity contribution in [3.8, 4) is 17.1 Å². The van der Waals surface area contributed by atoms with Gasteiger partial charge in [0.1, 0.15) is 12.7 Å². The van der Waals surface area contributed by atoms with Gasteiger partial charge in [-0.2, -0.15) is 13.2 Å². The van der Waals surface area contributed by atoms with Crippen molar-refractivity contribution in [2.45, 2.75) is 44.4 Å². The molecular formula is C26H26F3N7O4. The summed E-state index contributed by atoms with van der Waals surface area (Å²) in [5.74, 6) is 0.215. The van der Waals surface area contributed by atoms with Gasteiger partial charge < -0.3 is 19.1 Å². The average Bonchev–Trinajstić information content (AvgIpc) is 3.50. The Kier molecular flexibility index (Phi) is 6.45. The predicted octanol–water partition coefficient (Wildman–Crippen LogP) is 4.11. The minimum absolute atomic E-state index is 0.0630. The Hall–Kier alpha value is -4.04. The van der Waals surface area contributed by atoms with E-state index in [2.05, 4.69) is 30.2 Å².